The number of piperidine rings is 1. The molecule has 7 nitrogen and oxygen atoms in total. The number of aryl methyl sites for hydroxylation is 2. The molecule has 2 aliphatic heterocycles. The Morgan fingerprint density at radius 3 is 2.44 bits per heavy atom. The summed E-state index contributed by atoms with van der Waals surface area (Å²) in [6.07, 6.45) is 3.93. The molecule has 2 aliphatic rings. The fourth-order valence-corrected chi connectivity index (χ4v) is 3.49. The summed E-state index contributed by atoms with van der Waals surface area (Å²) >= 11 is 0. The van der Waals surface area contributed by atoms with Gasteiger partial charge in [0, 0.05) is 38.8 Å². The number of hydrogen-bond acceptors (Lipinski definition) is 5. The highest BCUT2D eigenvalue weighted by Crippen LogP contribution is 2.23. The number of hydrogen-bond donors (Lipinski definition) is 0. The minimum Gasteiger partial charge on any atom is -0.378 e. The van der Waals surface area contributed by atoms with Crippen LogP contribution in [0.2, 0.25) is 0 Å². The summed E-state index contributed by atoms with van der Waals surface area (Å²) in [7, 11) is 0. The molecule has 25 heavy (non-hydrogen) atoms. The Morgan fingerprint density at radius 1 is 1.12 bits per heavy atom. The molecule has 3 heterocycles. The van der Waals surface area contributed by atoms with E-state index >= 15 is 0 Å². The Hall–Kier alpha value is -2.02. The molecule has 0 bridgehead atoms. The van der Waals surface area contributed by atoms with Crippen LogP contribution in [0.1, 0.15) is 41.1 Å². The van der Waals surface area contributed by atoms with E-state index in [0.29, 0.717) is 63.1 Å². The fourth-order valence-electron chi connectivity index (χ4n) is 3.49. The van der Waals surface area contributed by atoms with Gasteiger partial charge in [0.2, 0.25) is 5.91 Å². The van der Waals surface area contributed by atoms with Crippen LogP contribution < -0.4 is 0 Å². The number of aromatic nitrogens is 2. The molecule has 0 saturated carbocycles. The summed E-state index contributed by atoms with van der Waals surface area (Å²) in [6, 6.07) is 0. The van der Waals surface area contributed by atoms with Gasteiger partial charge in [0.05, 0.1) is 24.5 Å². The predicted molar refractivity (Wildman–Crippen MR) is 92.1 cm³/mol. The van der Waals surface area contributed by atoms with Crippen molar-refractivity contribution in [2.45, 2.75) is 33.1 Å². The van der Waals surface area contributed by atoms with Crippen molar-refractivity contribution in [1.82, 2.24) is 19.8 Å². The summed E-state index contributed by atoms with van der Waals surface area (Å²) in [5.74, 6) is 1.25. The van der Waals surface area contributed by atoms with Crippen LogP contribution in [0.3, 0.4) is 0 Å². The Labute approximate surface area is 148 Å². The van der Waals surface area contributed by atoms with Crippen LogP contribution in [0.15, 0.2) is 6.20 Å². The summed E-state index contributed by atoms with van der Waals surface area (Å²) in [5, 5.41) is 0. The molecular weight excluding hydrogens is 320 g/mol. The zero-order valence-electron chi connectivity index (χ0n) is 15.0. The van der Waals surface area contributed by atoms with Gasteiger partial charge in [0.1, 0.15) is 5.82 Å². The highest BCUT2D eigenvalue weighted by molar-refractivity contribution is 5.95. The zero-order chi connectivity index (χ0) is 17.8. The minimum atomic E-state index is -0.00421. The maximum Gasteiger partial charge on any atom is 0.257 e. The van der Waals surface area contributed by atoms with E-state index < -0.39 is 0 Å². The second kappa shape index (κ2) is 7.91. The maximum absolute atomic E-state index is 12.7. The second-order valence-electron chi connectivity index (χ2n) is 6.85. The van der Waals surface area contributed by atoms with E-state index in [-0.39, 0.29) is 11.8 Å². The lowest BCUT2D eigenvalue weighted by Gasteiger charge is -2.33. The van der Waals surface area contributed by atoms with Crippen LogP contribution in [0.5, 0.6) is 0 Å². The predicted octanol–water partition coefficient (Wildman–Crippen LogP) is 1.19. The molecule has 0 radical (unpaired) electrons. The monoisotopic (exact) mass is 346 g/mol. The van der Waals surface area contributed by atoms with Crippen molar-refractivity contribution in [2.75, 3.05) is 39.4 Å². The van der Waals surface area contributed by atoms with Gasteiger partial charge in [-0.2, -0.15) is 0 Å². The van der Waals surface area contributed by atoms with E-state index in [0.717, 1.165) is 18.5 Å². The molecule has 136 valence electrons. The number of morpholine rings is 1. The fraction of sp³-hybridized carbons (Fsp3) is 0.667. The quantitative estimate of drug-likeness (QED) is 0.822. The van der Waals surface area contributed by atoms with Crippen LogP contribution in [-0.2, 0) is 9.53 Å². The van der Waals surface area contributed by atoms with Crippen molar-refractivity contribution >= 4 is 11.8 Å². The molecule has 0 unspecified atom stereocenters. The molecule has 0 spiro atoms. The number of carbonyl (C=O) groups is 2. The number of nitrogens with zero attached hydrogens (tertiary/aromatic N) is 4. The third-order valence-electron chi connectivity index (χ3n) is 5.06. The first-order chi connectivity index (χ1) is 12.0. The molecule has 7 heteroatoms. The first-order valence-corrected chi connectivity index (χ1v) is 8.99. The van der Waals surface area contributed by atoms with Crippen molar-refractivity contribution < 1.29 is 14.3 Å². The zero-order valence-corrected chi connectivity index (χ0v) is 15.0. The smallest absolute Gasteiger partial charge is 0.257 e. The lowest BCUT2D eigenvalue weighted by atomic mass is 9.92. The Balaban J connectivity index is 1.51. The van der Waals surface area contributed by atoms with Crippen molar-refractivity contribution in [3.8, 4) is 0 Å². The molecule has 1 aromatic rings. The lowest BCUT2D eigenvalue weighted by molar-refractivity contribution is -0.136. The van der Waals surface area contributed by atoms with Gasteiger partial charge >= 0.3 is 0 Å². The van der Waals surface area contributed by atoms with Gasteiger partial charge in [0.15, 0.2) is 0 Å². The van der Waals surface area contributed by atoms with Crippen molar-refractivity contribution in [2.24, 2.45) is 5.92 Å². The van der Waals surface area contributed by atoms with Gasteiger partial charge in [-0.1, -0.05) is 0 Å². The lowest BCUT2D eigenvalue weighted by Crippen LogP contribution is -2.43. The van der Waals surface area contributed by atoms with Crippen molar-refractivity contribution in [3.63, 3.8) is 0 Å². The summed E-state index contributed by atoms with van der Waals surface area (Å²) in [6.45, 7) is 7.70. The number of rotatable bonds is 3. The number of ether oxygens (including phenoxy) is 1. The highest BCUT2D eigenvalue weighted by Gasteiger charge is 2.28. The molecule has 2 fully saturated rings. The number of carbonyl (C=O) groups excluding carboxylic acids is 2. The Morgan fingerprint density at radius 2 is 1.80 bits per heavy atom. The Bertz CT molecular complexity index is 635. The largest absolute Gasteiger partial charge is 0.378 e. The van der Waals surface area contributed by atoms with Gasteiger partial charge < -0.3 is 14.5 Å². The standard InChI is InChI=1S/C18H26N4O3/c1-13-16(12-19-14(2)20-13)18(24)22-5-3-15(4-6-22)11-17(23)21-7-9-25-10-8-21/h12,15H,3-11H2,1-2H3. The normalized spacial score (nSPS) is 19.1. The van der Waals surface area contributed by atoms with E-state index in [1.165, 1.54) is 0 Å². The third kappa shape index (κ3) is 4.34. The van der Waals surface area contributed by atoms with Gasteiger partial charge in [0.25, 0.3) is 5.91 Å². The molecule has 3 rings (SSSR count). The van der Waals surface area contributed by atoms with E-state index in [1.54, 1.807) is 6.20 Å². The highest BCUT2D eigenvalue weighted by atomic mass is 16.5. The number of amides is 2. The average molecular weight is 346 g/mol. The molecule has 0 aromatic carbocycles. The van der Waals surface area contributed by atoms with E-state index in [2.05, 4.69) is 9.97 Å². The summed E-state index contributed by atoms with van der Waals surface area (Å²) < 4.78 is 5.29. The molecule has 2 amide bonds. The van der Waals surface area contributed by atoms with Crippen LogP contribution in [-0.4, -0.2) is 71.0 Å². The van der Waals surface area contributed by atoms with E-state index in [9.17, 15) is 9.59 Å². The molecule has 1 aromatic heterocycles. The molecule has 2 saturated heterocycles. The molecule has 0 N–H and O–H groups in total. The van der Waals surface area contributed by atoms with Crippen LogP contribution in [0, 0.1) is 19.8 Å². The first kappa shape index (κ1) is 17.8. The molecule has 0 aliphatic carbocycles. The second-order valence-corrected chi connectivity index (χ2v) is 6.85. The molecular formula is C18H26N4O3. The maximum atomic E-state index is 12.7. The number of likely N-dealkylation sites (tertiary alicyclic amines) is 1. The van der Waals surface area contributed by atoms with Crippen molar-refractivity contribution in [1.29, 1.82) is 0 Å². The van der Waals surface area contributed by atoms with Crippen LogP contribution >= 0.6 is 0 Å². The SMILES string of the molecule is Cc1ncc(C(=O)N2CCC(CC(=O)N3CCOCC3)CC2)c(C)n1. The summed E-state index contributed by atoms with van der Waals surface area (Å²) in [5.41, 5.74) is 1.30. The van der Waals surface area contributed by atoms with Gasteiger partial charge in [-0.05, 0) is 32.6 Å². The van der Waals surface area contributed by atoms with E-state index in [1.807, 2.05) is 23.6 Å². The first-order valence-electron chi connectivity index (χ1n) is 8.99. The van der Waals surface area contributed by atoms with Crippen LogP contribution in [0.25, 0.3) is 0 Å². The Kier molecular flexibility index (Phi) is 5.63. The van der Waals surface area contributed by atoms with Crippen LogP contribution in [0.4, 0.5) is 0 Å². The third-order valence-corrected chi connectivity index (χ3v) is 5.06. The average Bonchev–Trinajstić information content (AvgIpc) is 2.62. The minimum absolute atomic E-state index is 0.00421. The topological polar surface area (TPSA) is 75.6 Å². The van der Waals surface area contributed by atoms with E-state index in [4.69, 9.17) is 4.74 Å². The summed E-state index contributed by atoms with van der Waals surface area (Å²) in [4.78, 5) is 37.2. The van der Waals surface area contributed by atoms with Gasteiger partial charge in [-0.25, -0.2) is 9.97 Å². The van der Waals surface area contributed by atoms with Gasteiger partial charge in [-0.15, -0.1) is 0 Å². The molecule has 0 atom stereocenters. The van der Waals surface area contributed by atoms with Gasteiger partial charge in [-0.3, -0.25) is 9.59 Å². The van der Waals surface area contributed by atoms with Crippen molar-refractivity contribution in [3.05, 3.63) is 23.3 Å².